The number of rotatable bonds is 7. The number of nitrogens with one attached hydrogen (secondary N) is 1. The van der Waals surface area contributed by atoms with Gasteiger partial charge in [0.05, 0.1) is 11.9 Å². The van der Waals surface area contributed by atoms with Gasteiger partial charge in [-0.1, -0.05) is 0 Å². The molecule has 3 aromatic heterocycles. The lowest BCUT2D eigenvalue weighted by Gasteiger charge is -2.05. The van der Waals surface area contributed by atoms with Gasteiger partial charge in [0, 0.05) is 50.3 Å². The number of fused-ring (bicyclic) bond motifs is 1. The molecule has 8 heteroatoms. The van der Waals surface area contributed by atoms with E-state index < -0.39 is 0 Å². The smallest absolute Gasteiger partial charge is 0.271 e. The highest BCUT2D eigenvalue weighted by atomic mass is 16.5. The minimum atomic E-state index is -0.214. The summed E-state index contributed by atoms with van der Waals surface area (Å²) >= 11 is 0. The number of hydrogen-bond acceptors (Lipinski definition) is 5. The molecule has 0 atom stereocenters. The van der Waals surface area contributed by atoms with Gasteiger partial charge in [-0.05, 0) is 26.3 Å². The molecular formula is C17H22N6O2. The van der Waals surface area contributed by atoms with E-state index in [2.05, 4.69) is 20.5 Å². The highest BCUT2D eigenvalue weighted by Gasteiger charge is 2.16. The van der Waals surface area contributed by atoms with E-state index in [9.17, 15) is 4.79 Å². The fourth-order valence-corrected chi connectivity index (χ4v) is 2.74. The lowest BCUT2D eigenvalue weighted by atomic mass is 10.2. The molecule has 8 nitrogen and oxygen atoms in total. The van der Waals surface area contributed by atoms with Crippen LogP contribution in [0.5, 0.6) is 0 Å². The average Bonchev–Trinajstić information content (AvgIpc) is 3.21. The van der Waals surface area contributed by atoms with E-state index >= 15 is 0 Å². The van der Waals surface area contributed by atoms with E-state index in [-0.39, 0.29) is 5.91 Å². The third-order valence-electron chi connectivity index (χ3n) is 4.08. The molecule has 0 unspecified atom stereocenters. The predicted octanol–water partition coefficient (Wildman–Crippen LogP) is 1.69. The average molecular weight is 342 g/mol. The molecule has 0 aromatic carbocycles. The highest BCUT2D eigenvalue weighted by molar-refractivity contribution is 5.93. The predicted molar refractivity (Wildman–Crippen MR) is 93.4 cm³/mol. The summed E-state index contributed by atoms with van der Waals surface area (Å²) in [6, 6.07) is 3.57. The summed E-state index contributed by atoms with van der Waals surface area (Å²) in [5, 5.41) is 11.7. The number of nitrogens with zero attached hydrogens (tertiary/aromatic N) is 5. The van der Waals surface area contributed by atoms with E-state index in [1.165, 1.54) is 0 Å². The summed E-state index contributed by atoms with van der Waals surface area (Å²) in [7, 11) is 1.64. The number of hydrogen-bond donors (Lipinski definition) is 1. The molecule has 3 rings (SSSR count). The van der Waals surface area contributed by atoms with Crippen LogP contribution in [0.1, 0.15) is 29.5 Å². The number of carbonyl (C=O) groups excluding carboxylic acids is 1. The van der Waals surface area contributed by atoms with Crippen LogP contribution in [0.25, 0.3) is 16.9 Å². The Morgan fingerprint density at radius 1 is 1.40 bits per heavy atom. The van der Waals surface area contributed by atoms with Crippen molar-refractivity contribution in [3.8, 4) is 11.3 Å². The molecule has 0 aliphatic rings. The van der Waals surface area contributed by atoms with Crippen LogP contribution in [0.4, 0.5) is 0 Å². The first-order valence-electron chi connectivity index (χ1n) is 8.30. The summed E-state index contributed by atoms with van der Waals surface area (Å²) < 4.78 is 8.59. The third kappa shape index (κ3) is 3.39. The molecule has 0 radical (unpaired) electrons. The number of amides is 1. The van der Waals surface area contributed by atoms with Crippen LogP contribution in [0.2, 0.25) is 0 Å². The van der Waals surface area contributed by atoms with Crippen molar-refractivity contribution in [2.24, 2.45) is 0 Å². The van der Waals surface area contributed by atoms with Crippen LogP contribution in [0.15, 0.2) is 24.5 Å². The van der Waals surface area contributed by atoms with Crippen molar-refractivity contribution in [2.45, 2.75) is 26.8 Å². The van der Waals surface area contributed by atoms with Gasteiger partial charge < -0.3 is 10.1 Å². The quantitative estimate of drug-likeness (QED) is 0.660. The SMILES string of the molecule is CCn1ncc(-c2ccnc3cc(C(=O)NCCCOC)nn23)c1C. The number of ether oxygens (including phenoxy) is 1. The maximum atomic E-state index is 12.3. The molecule has 1 amide bonds. The maximum absolute atomic E-state index is 12.3. The van der Waals surface area contributed by atoms with Gasteiger partial charge >= 0.3 is 0 Å². The molecule has 132 valence electrons. The summed E-state index contributed by atoms with van der Waals surface area (Å²) in [6.45, 7) is 6.02. The second-order valence-corrected chi connectivity index (χ2v) is 5.69. The molecule has 0 saturated carbocycles. The highest BCUT2D eigenvalue weighted by Crippen LogP contribution is 2.23. The van der Waals surface area contributed by atoms with Crippen LogP contribution in [0, 0.1) is 6.92 Å². The van der Waals surface area contributed by atoms with Crippen molar-refractivity contribution in [1.29, 1.82) is 0 Å². The number of aromatic nitrogens is 5. The Kier molecular flexibility index (Phi) is 5.08. The molecule has 0 spiro atoms. The fourth-order valence-electron chi connectivity index (χ4n) is 2.74. The zero-order valence-corrected chi connectivity index (χ0v) is 14.7. The van der Waals surface area contributed by atoms with E-state index in [1.54, 1.807) is 23.9 Å². The van der Waals surface area contributed by atoms with Gasteiger partial charge in [-0.2, -0.15) is 10.2 Å². The minimum absolute atomic E-state index is 0.214. The van der Waals surface area contributed by atoms with E-state index in [4.69, 9.17) is 4.74 Å². The second kappa shape index (κ2) is 7.43. The number of methoxy groups -OCH3 is 1. The van der Waals surface area contributed by atoms with Gasteiger partial charge in [-0.25, -0.2) is 9.50 Å². The van der Waals surface area contributed by atoms with Crippen LogP contribution in [-0.4, -0.2) is 50.5 Å². The third-order valence-corrected chi connectivity index (χ3v) is 4.08. The second-order valence-electron chi connectivity index (χ2n) is 5.69. The molecule has 0 saturated heterocycles. The summed E-state index contributed by atoms with van der Waals surface area (Å²) in [5.41, 5.74) is 3.86. The number of carbonyl (C=O) groups is 1. The van der Waals surface area contributed by atoms with E-state index in [1.807, 2.05) is 30.8 Å². The summed E-state index contributed by atoms with van der Waals surface area (Å²) in [4.78, 5) is 16.6. The molecule has 0 fully saturated rings. The largest absolute Gasteiger partial charge is 0.385 e. The van der Waals surface area contributed by atoms with Crippen LogP contribution >= 0.6 is 0 Å². The van der Waals surface area contributed by atoms with Crippen molar-refractivity contribution in [2.75, 3.05) is 20.3 Å². The molecule has 3 aromatic rings. The van der Waals surface area contributed by atoms with Gasteiger partial charge in [0.25, 0.3) is 5.91 Å². The van der Waals surface area contributed by atoms with Crippen LogP contribution in [-0.2, 0) is 11.3 Å². The molecule has 0 aliphatic heterocycles. The van der Waals surface area contributed by atoms with Crippen LogP contribution < -0.4 is 5.32 Å². The zero-order chi connectivity index (χ0) is 17.8. The molecule has 0 bridgehead atoms. The lowest BCUT2D eigenvalue weighted by molar-refractivity contribution is 0.0943. The van der Waals surface area contributed by atoms with Gasteiger partial charge in [0.15, 0.2) is 11.3 Å². The van der Waals surface area contributed by atoms with E-state index in [0.717, 1.165) is 29.9 Å². The first-order chi connectivity index (χ1) is 12.2. The first kappa shape index (κ1) is 17.1. The minimum Gasteiger partial charge on any atom is -0.385 e. The zero-order valence-electron chi connectivity index (χ0n) is 14.7. The van der Waals surface area contributed by atoms with Gasteiger partial charge in [-0.3, -0.25) is 9.48 Å². The normalized spacial score (nSPS) is 11.2. The van der Waals surface area contributed by atoms with Crippen molar-refractivity contribution >= 4 is 11.6 Å². The molecule has 3 heterocycles. The Morgan fingerprint density at radius 3 is 2.96 bits per heavy atom. The topological polar surface area (TPSA) is 86.3 Å². The maximum Gasteiger partial charge on any atom is 0.271 e. The van der Waals surface area contributed by atoms with E-state index in [0.29, 0.717) is 24.5 Å². The Hall–Kier alpha value is -2.74. The van der Waals surface area contributed by atoms with Crippen molar-refractivity contribution in [3.05, 3.63) is 35.9 Å². The fraction of sp³-hybridized carbons (Fsp3) is 0.412. The Labute approximate surface area is 145 Å². The van der Waals surface area contributed by atoms with Gasteiger partial charge in [0.2, 0.25) is 0 Å². The standard InChI is InChI=1S/C17H22N6O2/c1-4-22-12(2)13(11-20-22)15-6-8-18-16-10-14(21-23(15)16)17(24)19-7-5-9-25-3/h6,8,10-11H,4-5,7,9H2,1-3H3,(H,19,24). The van der Waals surface area contributed by atoms with Crippen molar-refractivity contribution in [3.63, 3.8) is 0 Å². The Balaban J connectivity index is 1.90. The molecular weight excluding hydrogens is 320 g/mol. The monoisotopic (exact) mass is 342 g/mol. The lowest BCUT2D eigenvalue weighted by Crippen LogP contribution is -2.25. The van der Waals surface area contributed by atoms with Crippen molar-refractivity contribution < 1.29 is 9.53 Å². The van der Waals surface area contributed by atoms with Crippen LogP contribution in [0.3, 0.4) is 0 Å². The Bertz CT molecular complexity index is 883. The molecule has 1 N–H and O–H groups in total. The van der Waals surface area contributed by atoms with Crippen molar-refractivity contribution in [1.82, 2.24) is 29.7 Å². The summed E-state index contributed by atoms with van der Waals surface area (Å²) in [5.74, 6) is -0.214. The van der Waals surface area contributed by atoms with Gasteiger partial charge in [0.1, 0.15) is 0 Å². The first-order valence-corrected chi connectivity index (χ1v) is 8.30. The Morgan fingerprint density at radius 2 is 2.24 bits per heavy atom. The molecule has 25 heavy (non-hydrogen) atoms. The summed E-state index contributed by atoms with van der Waals surface area (Å²) in [6.07, 6.45) is 4.30. The van der Waals surface area contributed by atoms with Gasteiger partial charge in [-0.15, -0.1) is 0 Å². The molecule has 0 aliphatic carbocycles. The number of aryl methyl sites for hydroxylation is 1.